The molecule has 1 aromatic heterocycles. The third kappa shape index (κ3) is 1.92. The van der Waals surface area contributed by atoms with Crippen molar-refractivity contribution < 1.29 is 4.42 Å². The van der Waals surface area contributed by atoms with Crippen molar-refractivity contribution in [3.8, 4) is 11.5 Å². The molecule has 2 rings (SSSR count). The van der Waals surface area contributed by atoms with Crippen molar-refractivity contribution in [3.05, 3.63) is 41.3 Å². The van der Waals surface area contributed by atoms with Gasteiger partial charge in [0, 0.05) is 12.1 Å². The summed E-state index contributed by atoms with van der Waals surface area (Å²) in [7, 11) is 0. The summed E-state index contributed by atoms with van der Waals surface area (Å²) in [4.78, 5) is 4.34. The van der Waals surface area contributed by atoms with E-state index in [0.29, 0.717) is 12.4 Å². The summed E-state index contributed by atoms with van der Waals surface area (Å²) < 4.78 is 5.53. The average Bonchev–Trinajstić information content (AvgIpc) is 2.59. The van der Waals surface area contributed by atoms with Crippen LogP contribution in [0.15, 0.2) is 28.7 Å². The van der Waals surface area contributed by atoms with Crippen molar-refractivity contribution >= 4 is 0 Å². The van der Waals surface area contributed by atoms with Gasteiger partial charge < -0.3 is 10.2 Å². The number of oxazole rings is 1. The Bertz CT molecular complexity index is 437. The van der Waals surface area contributed by atoms with Crippen molar-refractivity contribution in [2.24, 2.45) is 5.73 Å². The standard InChI is InChI=1S/C12H14N2O/c1-8-9(2)15-12(14-8)11-5-3-10(7-13)4-6-11/h3-6H,7,13H2,1-2H3. The number of hydrogen-bond acceptors (Lipinski definition) is 3. The van der Waals surface area contributed by atoms with Crippen LogP contribution in [0.2, 0.25) is 0 Å². The van der Waals surface area contributed by atoms with E-state index in [4.69, 9.17) is 10.2 Å². The molecule has 78 valence electrons. The predicted octanol–water partition coefficient (Wildman–Crippen LogP) is 2.42. The van der Waals surface area contributed by atoms with Gasteiger partial charge in [-0.15, -0.1) is 0 Å². The Labute approximate surface area is 88.9 Å². The van der Waals surface area contributed by atoms with E-state index in [2.05, 4.69) is 4.98 Å². The first-order chi connectivity index (χ1) is 7.20. The molecule has 0 aliphatic heterocycles. The van der Waals surface area contributed by atoms with E-state index in [-0.39, 0.29) is 0 Å². The molecule has 2 N–H and O–H groups in total. The van der Waals surface area contributed by atoms with Gasteiger partial charge in [0.2, 0.25) is 5.89 Å². The van der Waals surface area contributed by atoms with Crippen molar-refractivity contribution in [1.29, 1.82) is 0 Å². The molecule has 0 aliphatic rings. The lowest BCUT2D eigenvalue weighted by molar-refractivity contribution is 0.541. The molecule has 0 bridgehead atoms. The molecule has 3 nitrogen and oxygen atoms in total. The van der Waals surface area contributed by atoms with Crippen LogP contribution in [0.1, 0.15) is 17.0 Å². The third-order valence-corrected chi connectivity index (χ3v) is 2.47. The minimum Gasteiger partial charge on any atom is -0.441 e. The molecule has 1 heterocycles. The molecule has 3 heteroatoms. The molecule has 0 aliphatic carbocycles. The highest BCUT2D eigenvalue weighted by Gasteiger charge is 2.07. The van der Waals surface area contributed by atoms with Gasteiger partial charge in [0.15, 0.2) is 0 Å². The smallest absolute Gasteiger partial charge is 0.226 e. The van der Waals surface area contributed by atoms with E-state index >= 15 is 0 Å². The Kier molecular flexibility index (Phi) is 2.56. The Hall–Kier alpha value is -1.61. The van der Waals surface area contributed by atoms with E-state index in [1.807, 2.05) is 38.1 Å². The number of aryl methyl sites for hydroxylation is 2. The zero-order chi connectivity index (χ0) is 10.8. The van der Waals surface area contributed by atoms with E-state index in [1.54, 1.807) is 0 Å². The molecule has 0 atom stereocenters. The maximum atomic E-state index is 5.53. The highest BCUT2D eigenvalue weighted by molar-refractivity contribution is 5.54. The van der Waals surface area contributed by atoms with Gasteiger partial charge in [-0.05, 0) is 31.5 Å². The van der Waals surface area contributed by atoms with E-state index < -0.39 is 0 Å². The van der Waals surface area contributed by atoms with E-state index in [1.165, 1.54) is 0 Å². The molecule has 0 unspecified atom stereocenters. The maximum Gasteiger partial charge on any atom is 0.226 e. The SMILES string of the molecule is Cc1nc(-c2ccc(CN)cc2)oc1C. The highest BCUT2D eigenvalue weighted by atomic mass is 16.4. The van der Waals surface area contributed by atoms with Crippen LogP contribution in [0.4, 0.5) is 0 Å². The summed E-state index contributed by atoms with van der Waals surface area (Å²) in [6.07, 6.45) is 0. The fourth-order valence-corrected chi connectivity index (χ4v) is 1.38. The minimum atomic E-state index is 0.559. The van der Waals surface area contributed by atoms with E-state index in [9.17, 15) is 0 Å². The lowest BCUT2D eigenvalue weighted by Gasteiger charge is -1.97. The maximum absolute atomic E-state index is 5.53. The monoisotopic (exact) mass is 202 g/mol. The first-order valence-electron chi connectivity index (χ1n) is 4.94. The molecule has 0 saturated heterocycles. The number of hydrogen-bond donors (Lipinski definition) is 1. The minimum absolute atomic E-state index is 0.559. The quantitative estimate of drug-likeness (QED) is 0.813. The Morgan fingerprint density at radius 3 is 2.33 bits per heavy atom. The predicted molar refractivity (Wildman–Crippen MR) is 59.3 cm³/mol. The van der Waals surface area contributed by atoms with E-state index in [0.717, 1.165) is 22.6 Å². The molecule has 1 aromatic carbocycles. The topological polar surface area (TPSA) is 52.0 Å². The molecule has 2 aromatic rings. The normalized spacial score (nSPS) is 10.6. The third-order valence-electron chi connectivity index (χ3n) is 2.47. The summed E-state index contributed by atoms with van der Waals surface area (Å²) in [6, 6.07) is 7.94. The first kappa shape index (κ1) is 9.93. The van der Waals surface area contributed by atoms with Gasteiger partial charge in [-0.1, -0.05) is 12.1 Å². The lowest BCUT2D eigenvalue weighted by atomic mass is 10.1. The Morgan fingerprint density at radius 1 is 1.20 bits per heavy atom. The van der Waals surface area contributed by atoms with Crippen LogP contribution in [0.3, 0.4) is 0 Å². The number of aromatic nitrogens is 1. The molecule has 0 saturated carbocycles. The van der Waals surface area contributed by atoms with Gasteiger partial charge in [-0.3, -0.25) is 0 Å². The molecule has 0 radical (unpaired) electrons. The van der Waals surface area contributed by atoms with Gasteiger partial charge in [0.1, 0.15) is 5.76 Å². The first-order valence-corrected chi connectivity index (χ1v) is 4.94. The fraction of sp³-hybridized carbons (Fsp3) is 0.250. The van der Waals surface area contributed by atoms with Crippen molar-refractivity contribution in [2.45, 2.75) is 20.4 Å². The van der Waals surface area contributed by atoms with Gasteiger partial charge in [-0.2, -0.15) is 0 Å². The van der Waals surface area contributed by atoms with Crippen molar-refractivity contribution in [2.75, 3.05) is 0 Å². The number of nitrogens with two attached hydrogens (primary N) is 1. The molecular formula is C12H14N2O. The molecule has 15 heavy (non-hydrogen) atoms. The highest BCUT2D eigenvalue weighted by Crippen LogP contribution is 2.21. The van der Waals surface area contributed by atoms with Crippen LogP contribution in [-0.4, -0.2) is 4.98 Å². The number of rotatable bonds is 2. The fourth-order valence-electron chi connectivity index (χ4n) is 1.38. The second kappa shape index (κ2) is 3.87. The Balaban J connectivity index is 2.37. The summed E-state index contributed by atoms with van der Waals surface area (Å²) in [6.45, 7) is 4.42. The second-order valence-electron chi connectivity index (χ2n) is 3.56. The van der Waals surface area contributed by atoms with Crippen LogP contribution in [-0.2, 0) is 6.54 Å². The largest absolute Gasteiger partial charge is 0.441 e. The molecule has 0 amide bonds. The van der Waals surface area contributed by atoms with Crippen molar-refractivity contribution in [3.63, 3.8) is 0 Å². The molecular weight excluding hydrogens is 188 g/mol. The van der Waals surface area contributed by atoms with Crippen LogP contribution < -0.4 is 5.73 Å². The Morgan fingerprint density at radius 2 is 1.87 bits per heavy atom. The summed E-state index contributed by atoms with van der Waals surface area (Å²) in [5.74, 6) is 1.54. The summed E-state index contributed by atoms with van der Waals surface area (Å²) in [5, 5.41) is 0. The number of nitrogens with zero attached hydrogens (tertiary/aromatic N) is 1. The lowest BCUT2D eigenvalue weighted by Crippen LogP contribution is -1.95. The molecule has 0 spiro atoms. The summed E-state index contributed by atoms with van der Waals surface area (Å²) in [5.41, 5.74) is 8.56. The summed E-state index contributed by atoms with van der Waals surface area (Å²) >= 11 is 0. The van der Waals surface area contributed by atoms with Crippen molar-refractivity contribution in [1.82, 2.24) is 4.98 Å². The zero-order valence-corrected chi connectivity index (χ0v) is 8.95. The van der Waals surface area contributed by atoms with Gasteiger partial charge in [-0.25, -0.2) is 4.98 Å². The number of benzene rings is 1. The zero-order valence-electron chi connectivity index (χ0n) is 8.95. The van der Waals surface area contributed by atoms with Crippen LogP contribution in [0.5, 0.6) is 0 Å². The van der Waals surface area contributed by atoms with Gasteiger partial charge in [0.05, 0.1) is 5.69 Å². The average molecular weight is 202 g/mol. The van der Waals surface area contributed by atoms with Gasteiger partial charge >= 0.3 is 0 Å². The van der Waals surface area contributed by atoms with Crippen LogP contribution in [0, 0.1) is 13.8 Å². The molecule has 0 fully saturated rings. The van der Waals surface area contributed by atoms with Crippen LogP contribution in [0.25, 0.3) is 11.5 Å². The van der Waals surface area contributed by atoms with Gasteiger partial charge in [0.25, 0.3) is 0 Å². The second-order valence-corrected chi connectivity index (χ2v) is 3.56. The van der Waals surface area contributed by atoms with Crippen LogP contribution >= 0.6 is 0 Å².